The first-order valence-corrected chi connectivity index (χ1v) is 13.2. The normalized spacial score (nSPS) is 14.2. The first-order valence-electron chi connectivity index (χ1n) is 13.2. The third-order valence-electron chi connectivity index (χ3n) is 7.74. The van der Waals surface area contributed by atoms with Gasteiger partial charge in [0.1, 0.15) is 0 Å². The number of benzene rings is 4. The van der Waals surface area contributed by atoms with E-state index in [1.807, 2.05) is 72.8 Å². The number of esters is 1. The molecule has 0 radical (unpaired) electrons. The quantitative estimate of drug-likeness (QED) is 0.181. The van der Waals surface area contributed by atoms with Crippen LogP contribution < -0.4 is 0 Å². The Morgan fingerprint density at radius 1 is 0.795 bits per heavy atom. The van der Waals surface area contributed by atoms with Crippen molar-refractivity contribution in [2.75, 3.05) is 6.61 Å². The van der Waals surface area contributed by atoms with Gasteiger partial charge in [0, 0.05) is 10.9 Å². The Kier molecular flexibility index (Phi) is 5.66. The maximum Gasteiger partial charge on any atom is 0.339 e. The van der Waals surface area contributed by atoms with Crippen LogP contribution in [0.1, 0.15) is 55.1 Å². The summed E-state index contributed by atoms with van der Waals surface area (Å²) in [6.07, 6.45) is 4.51. The summed E-state index contributed by atoms with van der Waals surface area (Å²) >= 11 is 0. The Morgan fingerprint density at radius 3 is 2.46 bits per heavy atom. The number of carbonyl (C=O) groups excluding carboxylic acids is 2. The van der Waals surface area contributed by atoms with Gasteiger partial charge in [-0.05, 0) is 76.4 Å². The fourth-order valence-corrected chi connectivity index (χ4v) is 5.85. The molecule has 0 unspecified atom stereocenters. The highest BCUT2D eigenvalue weighted by Gasteiger charge is 2.28. The second-order valence-corrected chi connectivity index (χ2v) is 10.1. The maximum atomic E-state index is 13.5. The molecular formula is C35H25NO3. The highest BCUT2D eigenvalue weighted by atomic mass is 16.5. The van der Waals surface area contributed by atoms with E-state index in [0.717, 1.165) is 57.3 Å². The van der Waals surface area contributed by atoms with E-state index in [1.54, 1.807) is 0 Å². The zero-order valence-corrected chi connectivity index (χ0v) is 21.3. The second kappa shape index (κ2) is 9.48. The van der Waals surface area contributed by atoms with Crippen molar-refractivity contribution in [2.24, 2.45) is 0 Å². The Labute approximate surface area is 226 Å². The maximum absolute atomic E-state index is 13.5. The van der Waals surface area contributed by atoms with E-state index in [1.165, 1.54) is 11.1 Å². The van der Waals surface area contributed by atoms with E-state index in [4.69, 9.17) is 9.72 Å². The van der Waals surface area contributed by atoms with Crippen molar-refractivity contribution in [1.29, 1.82) is 0 Å². The molecule has 0 aliphatic heterocycles. The number of nitrogens with zero attached hydrogens (tertiary/aromatic N) is 1. The molecule has 7 rings (SSSR count). The molecule has 2 aliphatic carbocycles. The molecule has 0 fully saturated rings. The smallest absolute Gasteiger partial charge is 0.339 e. The predicted octanol–water partition coefficient (Wildman–Crippen LogP) is 7.33. The highest BCUT2D eigenvalue weighted by Crippen LogP contribution is 2.39. The molecule has 4 heteroatoms. The standard InChI is InChI=1S/C35H25NO3/c37-32(25-15-14-24-19-23-10-4-5-11-27(23)30(24)20-25)21-39-35(38)33-28-12-6-7-13-31(28)36-34-26(16-17-29(33)34)18-22-8-2-1-3-9-22/h1-15,18,20H,16-17,19,21H2/b26-18-. The molecule has 4 nitrogen and oxygen atoms in total. The molecule has 0 saturated heterocycles. The van der Waals surface area contributed by atoms with Crippen LogP contribution in [-0.4, -0.2) is 23.3 Å². The van der Waals surface area contributed by atoms with Crippen LogP contribution in [0.25, 0.3) is 33.7 Å². The van der Waals surface area contributed by atoms with Crippen molar-refractivity contribution >= 4 is 34.3 Å². The van der Waals surface area contributed by atoms with Crippen LogP contribution in [-0.2, 0) is 17.6 Å². The molecule has 2 aliphatic rings. The van der Waals surface area contributed by atoms with Crippen LogP contribution in [0.5, 0.6) is 0 Å². The molecule has 0 bridgehead atoms. The Hall–Kier alpha value is -4.83. The minimum absolute atomic E-state index is 0.213. The number of aromatic nitrogens is 1. The van der Waals surface area contributed by atoms with Crippen molar-refractivity contribution < 1.29 is 14.3 Å². The Morgan fingerprint density at radius 2 is 1.56 bits per heavy atom. The molecule has 1 aromatic heterocycles. The van der Waals surface area contributed by atoms with E-state index < -0.39 is 5.97 Å². The lowest BCUT2D eigenvalue weighted by Gasteiger charge is -2.12. The number of allylic oxidation sites excluding steroid dienone is 1. The molecule has 0 N–H and O–H groups in total. The molecule has 4 aromatic carbocycles. The largest absolute Gasteiger partial charge is 0.454 e. The number of hydrogen-bond acceptors (Lipinski definition) is 4. The van der Waals surface area contributed by atoms with Crippen LogP contribution in [0.3, 0.4) is 0 Å². The number of fused-ring (bicyclic) bond motifs is 5. The minimum atomic E-state index is -0.481. The third-order valence-corrected chi connectivity index (χ3v) is 7.74. The topological polar surface area (TPSA) is 56.3 Å². The monoisotopic (exact) mass is 507 g/mol. The number of Topliss-reactive ketones (excluding diaryl/α,β-unsaturated/α-hetero) is 1. The average Bonchev–Trinajstić information content (AvgIpc) is 3.55. The summed E-state index contributed by atoms with van der Waals surface area (Å²) < 4.78 is 5.68. The number of ketones is 1. The number of para-hydroxylation sites is 1. The first kappa shape index (κ1) is 23.3. The lowest BCUT2D eigenvalue weighted by molar-refractivity contribution is 0.0475. The SMILES string of the molecule is O=C(COC(=O)c1c2c(nc3ccccc13)/C(=C\c1ccccc1)CC2)c1ccc2c(c1)-c1ccccc1C2. The van der Waals surface area contributed by atoms with Gasteiger partial charge in [0.05, 0.1) is 16.8 Å². The number of rotatable bonds is 5. The van der Waals surface area contributed by atoms with E-state index in [0.29, 0.717) is 17.5 Å². The van der Waals surface area contributed by atoms with E-state index >= 15 is 0 Å². The number of pyridine rings is 1. The summed E-state index contributed by atoms with van der Waals surface area (Å²) in [7, 11) is 0. The average molecular weight is 508 g/mol. The zero-order chi connectivity index (χ0) is 26.3. The molecule has 188 valence electrons. The summed E-state index contributed by atoms with van der Waals surface area (Å²) in [5, 5.41) is 0.754. The summed E-state index contributed by atoms with van der Waals surface area (Å²) in [5.41, 5.74) is 10.5. The van der Waals surface area contributed by atoms with Crippen LogP contribution in [0.2, 0.25) is 0 Å². The first-order chi connectivity index (χ1) is 19.2. The van der Waals surface area contributed by atoms with Crippen molar-refractivity contribution in [2.45, 2.75) is 19.3 Å². The molecule has 5 aromatic rings. The van der Waals surface area contributed by atoms with Gasteiger partial charge in [-0.1, -0.05) is 84.9 Å². The molecule has 0 amide bonds. The summed E-state index contributed by atoms with van der Waals surface area (Å²) in [4.78, 5) is 31.6. The van der Waals surface area contributed by atoms with Crippen LogP contribution in [0.15, 0.2) is 97.1 Å². The van der Waals surface area contributed by atoms with Crippen LogP contribution >= 0.6 is 0 Å². The molecule has 39 heavy (non-hydrogen) atoms. The van der Waals surface area contributed by atoms with Crippen molar-refractivity contribution in [3.63, 3.8) is 0 Å². The molecule has 0 saturated carbocycles. The van der Waals surface area contributed by atoms with Crippen LogP contribution in [0.4, 0.5) is 0 Å². The molecule has 0 spiro atoms. The minimum Gasteiger partial charge on any atom is -0.454 e. The summed E-state index contributed by atoms with van der Waals surface area (Å²) in [5.74, 6) is -0.694. The fraction of sp³-hybridized carbons (Fsp3) is 0.114. The predicted molar refractivity (Wildman–Crippen MR) is 154 cm³/mol. The van der Waals surface area contributed by atoms with Gasteiger partial charge in [-0.2, -0.15) is 0 Å². The Balaban J connectivity index is 1.18. The molecular weight excluding hydrogens is 482 g/mol. The third kappa shape index (κ3) is 4.15. The van der Waals surface area contributed by atoms with Gasteiger partial charge < -0.3 is 4.74 Å². The number of carbonyl (C=O) groups is 2. The van der Waals surface area contributed by atoms with Gasteiger partial charge in [-0.15, -0.1) is 0 Å². The van der Waals surface area contributed by atoms with Gasteiger partial charge >= 0.3 is 5.97 Å². The van der Waals surface area contributed by atoms with Gasteiger partial charge in [-0.3, -0.25) is 4.79 Å². The van der Waals surface area contributed by atoms with Crippen molar-refractivity contribution in [1.82, 2.24) is 4.98 Å². The van der Waals surface area contributed by atoms with Crippen molar-refractivity contribution in [3.05, 3.63) is 136 Å². The van der Waals surface area contributed by atoms with Gasteiger partial charge in [0.15, 0.2) is 12.4 Å². The van der Waals surface area contributed by atoms with Crippen LogP contribution in [0, 0.1) is 0 Å². The number of hydrogen-bond donors (Lipinski definition) is 0. The number of ether oxygens (including phenoxy) is 1. The van der Waals surface area contributed by atoms with Gasteiger partial charge in [-0.25, -0.2) is 9.78 Å². The van der Waals surface area contributed by atoms with Gasteiger partial charge in [0.2, 0.25) is 0 Å². The van der Waals surface area contributed by atoms with Gasteiger partial charge in [0.25, 0.3) is 0 Å². The summed E-state index contributed by atoms with van der Waals surface area (Å²) in [6, 6.07) is 31.8. The van der Waals surface area contributed by atoms with Crippen molar-refractivity contribution in [3.8, 4) is 11.1 Å². The zero-order valence-electron chi connectivity index (χ0n) is 21.3. The van der Waals surface area contributed by atoms with E-state index in [-0.39, 0.29) is 12.4 Å². The lowest BCUT2D eigenvalue weighted by atomic mass is 10.0. The highest BCUT2D eigenvalue weighted by molar-refractivity contribution is 6.08. The molecule has 1 heterocycles. The van der Waals surface area contributed by atoms with E-state index in [2.05, 4.69) is 30.3 Å². The summed E-state index contributed by atoms with van der Waals surface area (Å²) in [6.45, 7) is -0.308. The lowest BCUT2D eigenvalue weighted by Crippen LogP contribution is -2.16. The Bertz CT molecular complexity index is 1820. The second-order valence-electron chi connectivity index (χ2n) is 10.1. The molecule has 0 atom stereocenters. The van der Waals surface area contributed by atoms with E-state index in [9.17, 15) is 9.59 Å². The fourth-order valence-electron chi connectivity index (χ4n) is 5.85.